The van der Waals surface area contributed by atoms with Crippen molar-refractivity contribution in [1.29, 1.82) is 0 Å². The van der Waals surface area contributed by atoms with Gasteiger partial charge in [0.2, 0.25) is 0 Å². The van der Waals surface area contributed by atoms with E-state index >= 15 is 0 Å². The summed E-state index contributed by atoms with van der Waals surface area (Å²) in [5.74, 6) is 0. The summed E-state index contributed by atoms with van der Waals surface area (Å²) in [6, 6.07) is 7.07. The Morgan fingerprint density at radius 2 is 2.29 bits per heavy atom. The number of thiophene rings is 1. The van der Waals surface area contributed by atoms with Crippen LogP contribution in [0.15, 0.2) is 36.0 Å². The van der Waals surface area contributed by atoms with Crippen molar-refractivity contribution in [3.05, 3.63) is 40.8 Å². The molecule has 0 saturated heterocycles. The van der Waals surface area contributed by atoms with Crippen LogP contribution in [0, 0.1) is 0 Å². The Balaban J connectivity index is 1.75. The molecule has 0 saturated carbocycles. The Hall–Kier alpha value is -1.13. The third-order valence-electron chi connectivity index (χ3n) is 3.08. The molecule has 4 heteroatoms. The molecule has 0 aliphatic carbocycles. The van der Waals surface area contributed by atoms with Gasteiger partial charge in [0.05, 0.1) is 6.04 Å². The van der Waals surface area contributed by atoms with Crippen molar-refractivity contribution < 1.29 is 0 Å². The first-order chi connectivity index (χ1) is 8.27. The topological polar surface area (TPSA) is 29.9 Å². The maximum absolute atomic E-state index is 4.27. The average Bonchev–Trinajstić information content (AvgIpc) is 3.00. The van der Waals surface area contributed by atoms with E-state index in [-0.39, 0.29) is 0 Å². The SMILES string of the molecule is CC(NCCc1cccs1)C(C)n1cccn1. The number of hydrogen-bond acceptors (Lipinski definition) is 3. The monoisotopic (exact) mass is 249 g/mol. The number of hydrogen-bond donors (Lipinski definition) is 1. The van der Waals surface area contributed by atoms with Gasteiger partial charge in [-0.3, -0.25) is 4.68 Å². The van der Waals surface area contributed by atoms with Crippen LogP contribution in [-0.4, -0.2) is 22.4 Å². The second kappa shape index (κ2) is 5.98. The lowest BCUT2D eigenvalue weighted by atomic mass is 10.1. The summed E-state index contributed by atoms with van der Waals surface area (Å²) in [6.45, 7) is 5.42. The Bertz CT molecular complexity index is 408. The van der Waals surface area contributed by atoms with E-state index in [1.807, 2.05) is 34.5 Å². The second-order valence-corrected chi connectivity index (χ2v) is 5.33. The molecule has 0 fully saturated rings. The molecule has 17 heavy (non-hydrogen) atoms. The predicted molar refractivity (Wildman–Crippen MR) is 72.4 cm³/mol. The minimum atomic E-state index is 0.383. The van der Waals surface area contributed by atoms with Crippen LogP contribution in [0.4, 0.5) is 0 Å². The molecule has 0 radical (unpaired) electrons. The van der Waals surface area contributed by atoms with E-state index in [1.165, 1.54) is 4.88 Å². The maximum atomic E-state index is 4.27. The first kappa shape index (κ1) is 12.3. The average molecular weight is 249 g/mol. The zero-order valence-electron chi connectivity index (χ0n) is 10.3. The van der Waals surface area contributed by atoms with Gasteiger partial charge in [0.15, 0.2) is 0 Å². The Labute approximate surface area is 106 Å². The van der Waals surface area contributed by atoms with Crippen LogP contribution in [0.2, 0.25) is 0 Å². The Morgan fingerprint density at radius 1 is 1.41 bits per heavy atom. The van der Waals surface area contributed by atoms with Crippen LogP contribution >= 0.6 is 11.3 Å². The van der Waals surface area contributed by atoms with E-state index in [0.29, 0.717) is 12.1 Å². The molecule has 0 amide bonds. The Morgan fingerprint density at radius 3 is 2.94 bits per heavy atom. The van der Waals surface area contributed by atoms with E-state index in [9.17, 15) is 0 Å². The van der Waals surface area contributed by atoms with Crippen LogP contribution < -0.4 is 5.32 Å². The van der Waals surface area contributed by atoms with Gasteiger partial charge in [-0.05, 0) is 37.8 Å². The van der Waals surface area contributed by atoms with E-state index in [0.717, 1.165) is 13.0 Å². The molecule has 0 spiro atoms. The zero-order valence-corrected chi connectivity index (χ0v) is 11.2. The van der Waals surface area contributed by atoms with Crippen LogP contribution in [0.3, 0.4) is 0 Å². The minimum Gasteiger partial charge on any atom is -0.312 e. The largest absolute Gasteiger partial charge is 0.312 e. The number of aromatic nitrogens is 2. The quantitative estimate of drug-likeness (QED) is 0.853. The number of nitrogens with one attached hydrogen (secondary N) is 1. The van der Waals surface area contributed by atoms with Crippen molar-refractivity contribution in [2.24, 2.45) is 0 Å². The highest BCUT2D eigenvalue weighted by molar-refractivity contribution is 7.09. The number of rotatable bonds is 6. The minimum absolute atomic E-state index is 0.383. The summed E-state index contributed by atoms with van der Waals surface area (Å²) in [5, 5.41) is 9.96. The van der Waals surface area contributed by atoms with Crippen molar-refractivity contribution in [3.8, 4) is 0 Å². The van der Waals surface area contributed by atoms with Gasteiger partial charge in [-0.1, -0.05) is 6.07 Å². The van der Waals surface area contributed by atoms with E-state index in [4.69, 9.17) is 0 Å². The fourth-order valence-corrected chi connectivity index (χ4v) is 2.51. The van der Waals surface area contributed by atoms with E-state index < -0.39 is 0 Å². The number of nitrogens with zero attached hydrogens (tertiary/aromatic N) is 2. The summed E-state index contributed by atoms with van der Waals surface area (Å²) < 4.78 is 2.00. The van der Waals surface area contributed by atoms with Gasteiger partial charge in [0.1, 0.15) is 0 Å². The van der Waals surface area contributed by atoms with Crippen LogP contribution in [-0.2, 0) is 6.42 Å². The summed E-state index contributed by atoms with van der Waals surface area (Å²) >= 11 is 1.82. The molecule has 0 aliphatic heterocycles. The third-order valence-corrected chi connectivity index (χ3v) is 4.02. The molecule has 2 aromatic heterocycles. The fourth-order valence-electron chi connectivity index (χ4n) is 1.80. The first-order valence-electron chi connectivity index (χ1n) is 6.02. The Kier molecular flexibility index (Phi) is 4.34. The molecule has 2 heterocycles. The standard InChI is InChI=1S/C13H19N3S/c1-11(12(2)16-9-4-7-15-16)14-8-6-13-5-3-10-17-13/h3-5,7,9-12,14H,6,8H2,1-2H3. The highest BCUT2D eigenvalue weighted by Crippen LogP contribution is 2.11. The molecule has 0 aliphatic rings. The second-order valence-electron chi connectivity index (χ2n) is 4.30. The molecule has 92 valence electrons. The van der Waals surface area contributed by atoms with Gasteiger partial charge in [0, 0.05) is 29.9 Å². The maximum Gasteiger partial charge on any atom is 0.0641 e. The van der Waals surface area contributed by atoms with Crippen molar-refractivity contribution in [1.82, 2.24) is 15.1 Å². The van der Waals surface area contributed by atoms with Crippen molar-refractivity contribution >= 4 is 11.3 Å². The normalized spacial score (nSPS) is 14.7. The van der Waals surface area contributed by atoms with Gasteiger partial charge in [0.25, 0.3) is 0 Å². The van der Waals surface area contributed by atoms with Gasteiger partial charge in [-0.25, -0.2) is 0 Å². The molecule has 0 aromatic carbocycles. The lowest BCUT2D eigenvalue weighted by molar-refractivity contribution is 0.368. The van der Waals surface area contributed by atoms with Crippen molar-refractivity contribution in [3.63, 3.8) is 0 Å². The molecule has 3 nitrogen and oxygen atoms in total. The van der Waals surface area contributed by atoms with Gasteiger partial charge < -0.3 is 5.32 Å². The van der Waals surface area contributed by atoms with E-state index in [2.05, 4.69) is 41.8 Å². The van der Waals surface area contributed by atoms with Crippen LogP contribution in [0.5, 0.6) is 0 Å². The first-order valence-corrected chi connectivity index (χ1v) is 6.90. The van der Waals surface area contributed by atoms with Crippen molar-refractivity contribution in [2.45, 2.75) is 32.4 Å². The summed E-state index contributed by atoms with van der Waals surface area (Å²) in [5.41, 5.74) is 0. The molecule has 2 aromatic rings. The van der Waals surface area contributed by atoms with Crippen molar-refractivity contribution in [2.75, 3.05) is 6.54 Å². The smallest absolute Gasteiger partial charge is 0.0641 e. The highest BCUT2D eigenvalue weighted by atomic mass is 32.1. The summed E-state index contributed by atoms with van der Waals surface area (Å²) in [4.78, 5) is 1.44. The molecule has 1 N–H and O–H groups in total. The lowest BCUT2D eigenvalue weighted by Crippen LogP contribution is -2.35. The zero-order chi connectivity index (χ0) is 12.1. The van der Waals surface area contributed by atoms with Gasteiger partial charge in [-0.15, -0.1) is 11.3 Å². The third kappa shape index (κ3) is 3.41. The molecular weight excluding hydrogens is 230 g/mol. The fraction of sp³-hybridized carbons (Fsp3) is 0.462. The summed E-state index contributed by atoms with van der Waals surface area (Å²) in [6.07, 6.45) is 4.95. The molecule has 2 rings (SSSR count). The van der Waals surface area contributed by atoms with Gasteiger partial charge >= 0.3 is 0 Å². The highest BCUT2D eigenvalue weighted by Gasteiger charge is 2.12. The van der Waals surface area contributed by atoms with Crippen LogP contribution in [0.1, 0.15) is 24.8 Å². The predicted octanol–water partition coefficient (Wildman–Crippen LogP) is 2.73. The summed E-state index contributed by atoms with van der Waals surface area (Å²) in [7, 11) is 0. The molecule has 0 bridgehead atoms. The molecular formula is C13H19N3S. The van der Waals surface area contributed by atoms with Crippen LogP contribution in [0.25, 0.3) is 0 Å². The van der Waals surface area contributed by atoms with E-state index in [1.54, 1.807) is 0 Å². The molecule has 2 atom stereocenters. The lowest BCUT2D eigenvalue weighted by Gasteiger charge is -2.21. The van der Waals surface area contributed by atoms with Gasteiger partial charge in [-0.2, -0.15) is 5.10 Å². The molecule has 2 unspecified atom stereocenters.